The molecule has 3 aliphatic heterocycles. The molecule has 8 heteroatoms. The number of amides is 4. The number of imide groups is 2. The largest absolute Gasteiger partial charge is 0.497 e. The smallest absolute Gasteiger partial charge is 0.330 e. The van der Waals surface area contributed by atoms with Crippen molar-refractivity contribution in [2.24, 2.45) is 5.41 Å². The molecule has 1 spiro atoms. The van der Waals surface area contributed by atoms with Crippen LogP contribution in [0.3, 0.4) is 0 Å². The quantitative estimate of drug-likeness (QED) is 0.744. The van der Waals surface area contributed by atoms with E-state index in [4.69, 9.17) is 4.74 Å². The van der Waals surface area contributed by atoms with Crippen LogP contribution in [0.1, 0.15) is 24.0 Å². The van der Waals surface area contributed by atoms with Gasteiger partial charge in [0.1, 0.15) is 11.6 Å². The van der Waals surface area contributed by atoms with Crippen molar-refractivity contribution in [1.82, 2.24) is 10.2 Å². The predicted molar refractivity (Wildman–Crippen MR) is 115 cm³/mol. The molecule has 166 valence electrons. The van der Waals surface area contributed by atoms with Crippen molar-refractivity contribution in [1.29, 1.82) is 0 Å². The van der Waals surface area contributed by atoms with E-state index < -0.39 is 29.3 Å². The van der Waals surface area contributed by atoms with E-state index in [0.717, 1.165) is 22.6 Å². The van der Waals surface area contributed by atoms with Gasteiger partial charge in [-0.3, -0.25) is 19.8 Å². The van der Waals surface area contributed by atoms with Crippen LogP contribution in [-0.4, -0.2) is 49.0 Å². The number of ether oxygens (including phenoxy) is 1. The normalized spacial score (nSPS) is 24.4. The lowest BCUT2D eigenvalue weighted by Gasteiger charge is -2.49. The van der Waals surface area contributed by atoms with Gasteiger partial charge < -0.3 is 9.64 Å². The van der Waals surface area contributed by atoms with Gasteiger partial charge in [-0.1, -0.05) is 24.3 Å². The number of urea groups is 1. The molecule has 2 saturated heterocycles. The molecule has 32 heavy (non-hydrogen) atoms. The molecule has 0 saturated carbocycles. The number of fused-ring (bicyclic) bond motifs is 4. The number of benzene rings is 2. The van der Waals surface area contributed by atoms with Crippen molar-refractivity contribution in [2.45, 2.75) is 31.7 Å². The molecular weight excluding hydrogens is 413 g/mol. The second kappa shape index (κ2) is 7.62. The number of rotatable bonds is 4. The fraction of sp³-hybridized carbons (Fsp3) is 0.375. The summed E-state index contributed by atoms with van der Waals surface area (Å²) in [4.78, 5) is 42.6. The third-order valence-corrected chi connectivity index (χ3v) is 6.93. The highest BCUT2D eigenvalue weighted by Gasteiger charge is 2.62. The maximum Gasteiger partial charge on any atom is 0.330 e. The summed E-state index contributed by atoms with van der Waals surface area (Å²) in [5, 5.41) is 2.42. The van der Waals surface area contributed by atoms with Crippen LogP contribution in [0.25, 0.3) is 0 Å². The van der Waals surface area contributed by atoms with Gasteiger partial charge in [-0.25, -0.2) is 9.18 Å². The third kappa shape index (κ3) is 2.97. The van der Waals surface area contributed by atoms with Gasteiger partial charge in [-0.2, -0.15) is 0 Å². The number of para-hydroxylation sites is 1. The summed E-state index contributed by atoms with van der Waals surface area (Å²) in [6.07, 6.45) is 1.87. The Hall–Kier alpha value is -3.42. The lowest BCUT2D eigenvalue weighted by molar-refractivity contribution is -0.153. The molecule has 0 radical (unpaired) electrons. The first-order chi connectivity index (χ1) is 15.5. The molecule has 2 aromatic carbocycles. The van der Waals surface area contributed by atoms with Crippen LogP contribution in [0.4, 0.5) is 14.9 Å². The third-order valence-electron chi connectivity index (χ3n) is 6.93. The first-order valence-corrected chi connectivity index (χ1v) is 10.8. The highest BCUT2D eigenvalue weighted by atomic mass is 19.1. The van der Waals surface area contributed by atoms with Gasteiger partial charge in [0.2, 0.25) is 11.8 Å². The van der Waals surface area contributed by atoms with Crippen LogP contribution in [-0.2, 0) is 22.4 Å². The molecule has 2 aromatic rings. The first-order valence-electron chi connectivity index (χ1n) is 10.8. The number of carbonyl (C=O) groups excluding carboxylic acids is 3. The molecule has 4 amide bonds. The monoisotopic (exact) mass is 437 g/mol. The molecule has 1 N–H and O–H groups in total. The highest BCUT2D eigenvalue weighted by Crippen LogP contribution is 2.49. The number of hydrogen-bond donors (Lipinski definition) is 1. The Morgan fingerprint density at radius 1 is 1.16 bits per heavy atom. The topological polar surface area (TPSA) is 79.0 Å². The predicted octanol–water partition coefficient (Wildman–Crippen LogP) is 2.67. The van der Waals surface area contributed by atoms with Gasteiger partial charge in [-0.15, -0.1) is 0 Å². The van der Waals surface area contributed by atoms with Gasteiger partial charge in [0.25, 0.3) is 0 Å². The Bertz CT molecular complexity index is 1100. The summed E-state index contributed by atoms with van der Waals surface area (Å²) in [6.45, 7) is 0.718. The average molecular weight is 437 g/mol. The Balaban J connectivity index is 1.47. The Morgan fingerprint density at radius 3 is 2.69 bits per heavy atom. The van der Waals surface area contributed by atoms with Crippen molar-refractivity contribution in [2.75, 3.05) is 25.1 Å². The van der Waals surface area contributed by atoms with Crippen LogP contribution >= 0.6 is 0 Å². The second-order valence-electron chi connectivity index (χ2n) is 8.56. The number of anilines is 1. The zero-order chi connectivity index (χ0) is 22.5. The second-order valence-corrected chi connectivity index (χ2v) is 8.56. The van der Waals surface area contributed by atoms with Gasteiger partial charge in [-0.05, 0) is 55.0 Å². The fourth-order valence-electron chi connectivity index (χ4n) is 5.38. The number of methoxy groups -OCH3 is 1. The van der Waals surface area contributed by atoms with E-state index in [1.165, 1.54) is 6.07 Å². The van der Waals surface area contributed by atoms with Crippen molar-refractivity contribution in [3.8, 4) is 5.75 Å². The molecule has 0 unspecified atom stereocenters. The molecule has 5 rings (SSSR count). The summed E-state index contributed by atoms with van der Waals surface area (Å²) in [6, 6.07) is 11.0. The molecule has 2 atom stereocenters. The minimum Gasteiger partial charge on any atom is -0.497 e. The summed E-state index contributed by atoms with van der Waals surface area (Å²) in [5.74, 6) is -0.702. The van der Waals surface area contributed by atoms with E-state index in [1.807, 2.05) is 29.2 Å². The van der Waals surface area contributed by atoms with Crippen LogP contribution in [0.5, 0.6) is 5.75 Å². The van der Waals surface area contributed by atoms with Crippen molar-refractivity contribution >= 4 is 23.5 Å². The van der Waals surface area contributed by atoms with E-state index in [0.29, 0.717) is 30.6 Å². The Labute approximate surface area is 185 Å². The standard InChI is InChI=1S/C24H24FN3O4/c1-32-17-9-7-15(8-10-17)11-13-28-22(30)24(21(29)26-23(28)31)14-16-4-2-5-18(25)20(16)27-12-3-6-19(24)27/h2,4-5,7-10,19H,3,6,11-14H2,1H3,(H,26,29,31)/t19-,24-/m0/s1. The van der Waals surface area contributed by atoms with Gasteiger partial charge in [0, 0.05) is 13.1 Å². The van der Waals surface area contributed by atoms with E-state index in [9.17, 15) is 18.8 Å². The molecular formula is C24H24FN3O4. The van der Waals surface area contributed by atoms with Crippen LogP contribution in [0.2, 0.25) is 0 Å². The van der Waals surface area contributed by atoms with Crippen LogP contribution in [0, 0.1) is 11.2 Å². The molecule has 0 aliphatic carbocycles. The van der Waals surface area contributed by atoms with Crippen molar-refractivity contribution < 1.29 is 23.5 Å². The number of barbiturate groups is 1. The number of nitrogens with zero attached hydrogens (tertiary/aromatic N) is 2. The fourth-order valence-corrected chi connectivity index (χ4v) is 5.38. The van der Waals surface area contributed by atoms with E-state index in [-0.39, 0.29) is 18.8 Å². The Morgan fingerprint density at radius 2 is 1.94 bits per heavy atom. The number of nitrogens with one attached hydrogen (secondary N) is 1. The molecule has 7 nitrogen and oxygen atoms in total. The van der Waals surface area contributed by atoms with Gasteiger partial charge in [0.05, 0.1) is 18.8 Å². The maximum absolute atomic E-state index is 14.7. The van der Waals surface area contributed by atoms with Crippen molar-refractivity contribution in [3.05, 3.63) is 59.4 Å². The molecule has 0 aromatic heterocycles. The lowest BCUT2D eigenvalue weighted by atomic mass is 9.68. The number of hydrogen-bond acceptors (Lipinski definition) is 5. The summed E-state index contributed by atoms with van der Waals surface area (Å²) in [7, 11) is 1.59. The van der Waals surface area contributed by atoms with E-state index in [1.54, 1.807) is 19.2 Å². The summed E-state index contributed by atoms with van der Waals surface area (Å²) >= 11 is 0. The van der Waals surface area contributed by atoms with Crippen molar-refractivity contribution in [3.63, 3.8) is 0 Å². The molecule has 0 bridgehead atoms. The first kappa shape index (κ1) is 20.5. The summed E-state index contributed by atoms with van der Waals surface area (Å²) in [5.41, 5.74) is 0.598. The number of halogens is 1. The minimum absolute atomic E-state index is 0.0816. The Kier molecular flexibility index (Phi) is 4.87. The zero-order valence-electron chi connectivity index (χ0n) is 17.8. The number of carbonyl (C=O) groups is 3. The van der Waals surface area contributed by atoms with Gasteiger partial charge in [0.15, 0.2) is 5.41 Å². The molecule has 2 fully saturated rings. The molecule has 3 aliphatic rings. The van der Waals surface area contributed by atoms with E-state index in [2.05, 4.69) is 5.32 Å². The molecule has 3 heterocycles. The lowest BCUT2D eigenvalue weighted by Crippen LogP contribution is -2.71. The van der Waals surface area contributed by atoms with Gasteiger partial charge >= 0.3 is 6.03 Å². The minimum atomic E-state index is -1.44. The maximum atomic E-state index is 14.7. The van der Waals surface area contributed by atoms with Crippen LogP contribution < -0.4 is 15.0 Å². The zero-order valence-corrected chi connectivity index (χ0v) is 17.8. The van der Waals surface area contributed by atoms with Crippen LogP contribution in [0.15, 0.2) is 42.5 Å². The highest BCUT2D eigenvalue weighted by molar-refractivity contribution is 6.20. The summed E-state index contributed by atoms with van der Waals surface area (Å²) < 4.78 is 19.8. The van der Waals surface area contributed by atoms with E-state index >= 15 is 0 Å². The SMILES string of the molecule is COc1ccc(CCN2C(=O)NC(=O)[C@@]3(Cc4cccc(F)c4N4CCC[C@H]43)C2=O)cc1. The average Bonchev–Trinajstić information content (AvgIpc) is 3.28.